The molecule has 1 aromatic rings. The molecule has 0 radical (unpaired) electrons. The molecule has 4 heteroatoms. The van der Waals surface area contributed by atoms with Gasteiger partial charge in [-0.15, -0.1) is 12.8 Å². The maximum absolute atomic E-state index is 3.30. The van der Waals surface area contributed by atoms with Crippen LogP contribution in [0, 0.1) is 23.0 Å². The molecule has 0 aromatic heterocycles. The molecule has 31 heavy (non-hydrogen) atoms. The zero-order valence-corrected chi connectivity index (χ0v) is 27.9. The van der Waals surface area contributed by atoms with Crippen molar-refractivity contribution < 1.29 is 46.1 Å². The first-order chi connectivity index (χ1) is 13.3. The van der Waals surface area contributed by atoms with Crippen molar-refractivity contribution in [2.45, 2.75) is 74.0 Å². The Morgan fingerprint density at radius 1 is 0.742 bits per heavy atom. The molecule has 0 nitrogen and oxygen atoms in total. The van der Waals surface area contributed by atoms with E-state index in [-0.39, 0.29) is 24.8 Å². The molecule has 0 amide bonds. The van der Waals surface area contributed by atoms with Gasteiger partial charge in [0.25, 0.3) is 0 Å². The Bertz CT molecular complexity index is 771. The van der Waals surface area contributed by atoms with Gasteiger partial charge in [0.05, 0.1) is 0 Å². The molecule has 0 atom stereocenters. The van der Waals surface area contributed by atoms with Gasteiger partial charge in [-0.1, -0.05) is 55.4 Å². The van der Waals surface area contributed by atoms with Crippen molar-refractivity contribution in [2.75, 3.05) is 0 Å². The van der Waals surface area contributed by atoms with Crippen LogP contribution < -0.4 is 29.2 Å². The number of benzene rings is 1. The van der Waals surface area contributed by atoms with Gasteiger partial charge in [0.15, 0.2) is 0 Å². The molecule has 3 rings (SSSR count). The maximum atomic E-state index is 3.30. The Hall–Kier alpha value is 0.173. The average molecular weight is 685 g/mol. The number of halogens is 2. The Labute approximate surface area is 220 Å². The van der Waals surface area contributed by atoms with E-state index in [1.165, 1.54) is 43.6 Å². The number of hydrogen-bond donors (Lipinski definition) is 0. The van der Waals surface area contributed by atoms with E-state index >= 15 is 0 Å². The van der Waals surface area contributed by atoms with Crippen LogP contribution in [-0.4, -0.2) is 10.1 Å². The van der Waals surface area contributed by atoms with E-state index in [2.05, 4.69) is 116 Å². The van der Waals surface area contributed by atoms with E-state index in [9.17, 15) is 0 Å². The van der Waals surface area contributed by atoms with Gasteiger partial charge in [-0.3, -0.25) is 12.2 Å². The first-order valence-electron chi connectivity index (χ1n) is 10.5. The molecule has 0 saturated carbocycles. The topological polar surface area (TPSA) is 0 Å². The smallest absolute Gasteiger partial charge is 1.00 e. The molecule has 0 saturated heterocycles. The van der Waals surface area contributed by atoms with Crippen LogP contribution in [-0.2, 0) is 21.3 Å². The second kappa shape index (κ2) is 15.1. The fourth-order valence-corrected chi connectivity index (χ4v) is 7.41. The van der Waals surface area contributed by atoms with Gasteiger partial charge in [-0.2, -0.15) is 11.1 Å². The van der Waals surface area contributed by atoms with Crippen LogP contribution in [0.2, 0.25) is 5.76 Å². The minimum Gasteiger partial charge on any atom is -1.00 e. The Morgan fingerprint density at radius 2 is 1.10 bits per heavy atom. The molecule has 2 aliphatic carbocycles. The van der Waals surface area contributed by atoms with Crippen molar-refractivity contribution in [1.29, 1.82) is 0 Å². The van der Waals surface area contributed by atoms with Crippen LogP contribution >= 0.6 is 0 Å². The van der Waals surface area contributed by atoms with Crippen LogP contribution in [0.5, 0.6) is 0 Å². The molecule has 170 valence electrons. The van der Waals surface area contributed by atoms with E-state index in [0.29, 0.717) is 10.8 Å². The molecule has 0 spiro atoms. The fraction of sp³-hybridized carbons (Fsp3) is 0.481. The standard InChI is InChI=1S/2C10H15.C7H8Ge.2ClH.Hf/c2*1-8-5-6-9(7-8)10(2,3)4;1-8-7-5-3-2-4-6-7;;;/h2*7H,6H2,1-4H3;2-6H,1H3;2*1H;/q2*-1;;;;+2/p-2. The Morgan fingerprint density at radius 3 is 1.26 bits per heavy atom. The van der Waals surface area contributed by atoms with Crippen molar-refractivity contribution in [2.24, 2.45) is 10.8 Å². The summed E-state index contributed by atoms with van der Waals surface area (Å²) >= 11 is 1.42. The number of hydrogen-bond acceptors (Lipinski definition) is 0. The van der Waals surface area contributed by atoms with Crippen molar-refractivity contribution >= 4 is 14.5 Å². The van der Waals surface area contributed by atoms with Crippen LogP contribution in [0.25, 0.3) is 0 Å². The fourth-order valence-electron chi connectivity index (χ4n) is 2.85. The van der Waals surface area contributed by atoms with Crippen molar-refractivity contribution in [3.63, 3.8) is 0 Å². The summed E-state index contributed by atoms with van der Waals surface area (Å²) in [5, 5.41) is 0. The molecule has 0 N–H and O–H groups in total. The first-order valence-corrected chi connectivity index (χ1v) is 24.0. The molecule has 0 fully saturated rings. The molecule has 0 heterocycles. The van der Waals surface area contributed by atoms with Gasteiger partial charge >= 0.3 is 71.8 Å². The summed E-state index contributed by atoms with van der Waals surface area (Å²) in [6.45, 7) is 17.7. The summed E-state index contributed by atoms with van der Waals surface area (Å²) in [7, 11) is -0.627. The van der Waals surface area contributed by atoms with Crippen molar-refractivity contribution in [1.82, 2.24) is 0 Å². The summed E-state index contributed by atoms with van der Waals surface area (Å²) < 4.78 is 1.64. The normalized spacial score (nSPS) is 14.8. The van der Waals surface area contributed by atoms with Gasteiger partial charge < -0.3 is 24.8 Å². The van der Waals surface area contributed by atoms with Gasteiger partial charge in [0.1, 0.15) is 0 Å². The Kier molecular flexibility index (Phi) is 16.3. The Balaban J connectivity index is 0. The van der Waals surface area contributed by atoms with Crippen LogP contribution in [0.15, 0.2) is 64.8 Å². The first kappa shape index (κ1) is 33.3. The molecule has 0 unspecified atom stereocenters. The zero-order chi connectivity index (χ0) is 22.2. The SMILES string of the molecule is CC1=[C-]CC(C(C)(C)C)=C1.CC1=[C-]CC(C(C)(C)C)=C1.[CH3][Ge](=[Hf+2])[c]1ccccc1.[Cl-].[Cl-]. The molecular weight excluding hydrogens is 646 g/mol. The summed E-state index contributed by atoms with van der Waals surface area (Å²) in [5.41, 5.74) is 6.28. The average Bonchev–Trinajstić information content (AvgIpc) is 3.25. The summed E-state index contributed by atoms with van der Waals surface area (Å²) in [6, 6.07) is 10.9. The molecule has 0 bridgehead atoms. The molecule has 0 aliphatic heterocycles. The van der Waals surface area contributed by atoms with Crippen molar-refractivity contribution in [3.8, 4) is 0 Å². The number of rotatable bonds is 1. The zero-order valence-electron chi connectivity index (χ0n) is 20.7. The van der Waals surface area contributed by atoms with Gasteiger partial charge in [-0.25, -0.2) is 23.3 Å². The minimum absolute atomic E-state index is 0. The second-order valence-corrected chi connectivity index (χ2v) is 27.7. The number of allylic oxidation sites excluding steroid dienone is 8. The van der Waals surface area contributed by atoms with E-state index in [0.717, 1.165) is 12.8 Å². The summed E-state index contributed by atoms with van der Waals surface area (Å²) in [6.07, 6.45) is 13.2. The maximum Gasteiger partial charge on any atom is -1.00 e. The predicted molar refractivity (Wildman–Crippen MR) is 127 cm³/mol. The van der Waals surface area contributed by atoms with E-state index < -0.39 is 10.1 Å². The summed E-state index contributed by atoms with van der Waals surface area (Å²) in [5.74, 6) is 2.43. The molecular formula is C27H38Cl2GeHf-2. The predicted octanol–water partition coefficient (Wildman–Crippen LogP) is 1.29. The third-order valence-electron chi connectivity index (χ3n) is 5.03. The summed E-state index contributed by atoms with van der Waals surface area (Å²) in [4.78, 5) is 0. The monoisotopic (exact) mass is 686 g/mol. The van der Waals surface area contributed by atoms with E-state index in [4.69, 9.17) is 0 Å². The minimum atomic E-state index is -0.627. The van der Waals surface area contributed by atoms with E-state index in [1.54, 1.807) is 4.40 Å². The van der Waals surface area contributed by atoms with Crippen LogP contribution in [0.4, 0.5) is 0 Å². The van der Waals surface area contributed by atoms with Gasteiger partial charge in [-0.05, 0) is 10.8 Å². The van der Waals surface area contributed by atoms with Gasteiger partial charge in [0, 0.05) is 0 Å². The van der Waals surface area contributed by atoms with Gasteiger partial charge in [0.2, 0.25) is 0 Å². The van der Waals surface area contributed by atoms with Crippen molar-refractivity contribution in [3.05, 3.63) is 76.9 Å². The largest absolute Gasteiger partial charge is 1.00 e. The van der Waals surface area contributed by atoms with E-state index in [1.807, 2.05) is 0 Å². The third-order valence-corrected chi connectivity index (χ3v) is 12.9. The third kappa shape index (κ3) is 13.5. The molecule has 2 aliphatic rings. The molecule has 1 aromatic carbocycles. The quantitative estimate of drug-likeness (QED) is 0.310. The second-order valence-electron chi connectivity index (χ2n) is 9.90. The van der Waals surface area contributed by atoms with Crippen LogP contribution in [0.3, 0.4) is 0 Å². The van der Waals surface area contributed by atoms with Crippen LogP contribution in [0.1, 0.15) is 68.2 Å².